The van der Waals surface area contributed by atoms with Crippen molar-refractivity contribution in [2.24, 2.45) is 17.6 Å². The van der Waals surface area contributed by atoms with Crippen LogP contribution in [0, 0.1) is 11.8 Å². The molecule has 2 atom stereocenters. The first-order valence-corrected chi connectivity index (χ1v) is 7.37. The smallest absolute Gasteiger partial charge is 0.202 e. The maximum Gasteiger partial charge on any atom is 0.202 e. The van der Waals surface area contributed by atoms with Gasteiger partial charge in [0, 0.05) is 24.5 Å². The molecule has 0 amide bonds. The molecule has 1 aliphatic carbocycles. The molecule has 2 unspecified atom stereocenters. The van der Waals surface area contributed by atoms with Gasteiger partial charge >= 0.3 is 0 Å². The maximum atomic E-state index is 5.84. The molecule has 0 aromatic carbocycles. The van der Waals surface area contributed by atoms with Crippen molar-refractivity contribution in [3.8, 4) is 0 Å². The minimum absolute atomic E-state index is 0.690. The predicted molar refractivity (Wildman–Crippen MR) is 72.3 cm³/mol. The quantitative estimate of drug-likeness (QED) is 0.846. The van der Waals surface area contributed by atoms with Crippen molar-refractivity contribution in [3.05, 3.63) is 5.82 Å². The van der Waals surface area contributed by atoms with Crippen LogP contribution in [-0.4, -0.2) is 22.4 Å². The van der Waals surface area contributed by atoms with Gasteiger partial charge in [0.05, 0.1) is 0 Å². The van der Waals surface area contributed by atoms with E-state index >= 15 is 0 Å². The van der Waals surface area contributed by atoms with Gasteiger partial charge in [-0.1, -0.05) is 19.8 Å². The summed E-state index contributed by atoms with van der Waals surface area (Å²) in [7, 11) is 0. The van der Waals surface area contributed by atoms with Crippen molar-refractivity contribution >= 4 is 16.7 Å². The molecular weight excluding hydrogens is 232 g/mol. The zero-order valence-corrected chi connectivity index (χ0v) is 11.3. The molecule has 1 aliphatic rings. The fraction of sp³-hybridized carbons (Fsp3) is 0.833. The Morgan fingerprint density at radius 3 is 2.76 bits per heavy atom. The second-order valence-corrected chi connectivity index (χ2v) is 5.54. The molecule has 4 nitrogen and oxygen atoms in total. The van der Waals surface area contributed by atoms with E-state index in [2.05, 4.69) is 21.6 Å². The van der Waals surface area contributed by atoms with Crippen LogP contribution in [0.2, 0.25) is 0 Å². The molecule has 1 aromatic rings. The lowest BCUT2D eigenvalue weighted by molar-refractivity contribution is 0.255. The van der Waals surface area contributed by atoms with Crippen LogP contribution in [0.3, 0.4) is 0 Å². The highest BCUT2D eigenvalue weighted by molar-refractivity contribution is 7.09. The Morgan fingerprint density at radius 2 is 2.12 bits per heavy atom. The van der Waals surface area contributed by atoms with Crippen LogP contribution in [0.15, 0.2) is 0 Å². The van der Waals surface area contributed by atoms with E-state index in [1.165, 1.54) is 37.2 Å². The third kappa shape index (κ3) is 3.39. The first-order valence-electron chi connectivity index (χ1n) is 6.60. The second kappa shape index (κ2) is 6.31. The standard InChI is InChI=1S/C12H22N4S/c1-2-11-15-12(17-16-11)14-8-10-6-4-3-5-9(10)7-13/h9-10H,2-8,13H2,1H3,(H,14,15,16). The molecule has 1 heterocycles. The first kappa shape index (κ1) is 12.8. The van der Waals surface area contributed by atoms with E-state index in [9.17, 15) is 0 Å². The summed E-state index contributed by atoms with van der Waals surface area (Å²) in [6.07, 6.45) is 6.19. The number of aryl methyl sites for hydroxylation is 1. The molecule has 0 saturated heterocycles. The second-order valence-electron chi connectivity index (χ2n) is 4.79. The Labute approximate surface area is 107 Å². The lowest BCUT2D eigenvalue weighted by atomic mass is 9.79. The summed E-state index contributed by atoms with van der Waals surface area (Å²) < 4.78 is 4.28. The summed E-state index contributed by atoms with van der Waals surface area (Å²) in [5, 5.41) is 4.38. The van der Waals surface area contributed by atoms with Gasteiger partial charge in [-0.15, -0.1) is 0 Å². The Balaban J connectivity index is 1.83. The number of rotatable bonds is 5. The van der Waals surface area contributed by atoms with Gasteiger partial charge < -0.3 is 11.1 Å². The highest BCUT2D eigenvalue weighted by atomic mass is 32.1. The number of aromatic nitrogens is 2. The summed E-state index contributed by atoms with van der Waals surface area (Å²) in [5.41, 5.74) is 5.84. The zero-order chi connectivity index (χ0) is 12.1. The van der Waals surface area contributed by atoms with Crippen LogP contribution in [0.4, 0.5) is 5.13 Å². The van der Waals surface area contributed by atoms with E-state index < -0.39 is 0 Å². The Kier molecular flexibility index (Phi) is 4.74. The lowest BCUT2D eigenvalue weighted by Gasteiger charge is -2.30. The average Bonchev–Trinajstić information content (AvgIpc) is 2.84. The monoisotopic (exact) mass is 254 g/mol. The summed E-state index contributed by atoms with van der Waals surface area (Å²) in [6, 6.07) is 0. The molecule has 17 heavy (non-hydrogen) atoms. The van der Waals surface area contributed by atoms with Gasteiger partial charge in [0.2, 0.25) is 5.13 Å². The van der Waals surface area contributed by atoms with Crippen molar-refractivity contribution in [1.29, 1.82) is 0 Å². The Bertz CT molecular complexity index is 339. The van der Waals surface area contributed by atoms with Crippen LogP contribution >= 0.6 is 11.5 Å². The van der Waals surface area contributed by atoms with E-state index in [1.54, 1.807) is 0 Å². The molecule has 0 bridgehead atoms. The topological polar surface area (TPSA) is 63.8 Å². The molecule has 5 heteroatoms. The van der Waals surface area contributed by atoms with E-state index in [-0.39, 0.29) is 0 Å². The fourth-order valence-electron chi connectivity index (χ4n) is 2.55. The fourth-order valence-corrected chi connectivity index (χ4v) is 3.21. The van der Waals surface area contributed by atoms with Gasteiger partial charge in [-0.05, 0) is 31.2 Å². The highest BCUT2D eigenvalue weighted by Crippen LogP contribution is 2.29. The van der Waals surface area contributed by atoms with Crippen molar-refractivity contribution in [3.63, 3.8) is 0 Å². The molecule has 1 aromatic heterocycles. The summed E-state index contributed by atoms with van der Waals surface area (Å²) in [4.78, 5) is 4.43. The molecule has 0 radical (unpaired) electrons. The maximum absolute atomic E-state index is 5.84. The average molecular weight is 254 g/mol. The summed E-state index contributed by atoms with van der Waals surface area (Å²) in [6.45, 7) is 3.90. The van der Waals surface area contributed by atoms with Crippen molar-refractivity contribution in [2.45, 2.75) is 39.0 Å². The van der Waals surface area contributed by atoms with Gasteiger partial charge in [-0.3, -0.25) is 0 Å². The molecule has 0 spiro atoms. The number of nitrogens with two attached hydrogens (primary N) is 1. The van der Waals surface area contributed by atoms with Crippen molar-refractivity contribution in [2.75, 3.05) is 18.4 Å². The van der Waals surface area contributed by atoms with Crippen LogP contribution < -0.4 is 11.1 Å². The number of nitrogens with zero attached hydrogens (tertiary/aromatic N) is 2. The van der Waals surface area contributed by atoms with Crippen molar-refractivity contribution in [1.82, 2.24) is 9.36 Å². The van der Waals surface area contributed by atoms with E-state index in [1.807, 2.05) is 0 Å². The van der Waals surface area contributed by atoms with Gasteiger partial charge in [0.1, 0.15) is 5.82 Å². The predicted octanol–water partition coefficient (Wildman–Crippen LogP) is 2.28. The van der Waals surface area contributed by atoms with Gasteiger partial charge in [0.15, 0.2) is 0 Å². The Hall–Kier alpha value is -0.680. The third-order valence-corrected chi connectivity index (χ3v) is 4.38. The van der Waals surface area contributed by atoms with Crippen LogP contribution in [0.25, 0.3) is 0 Å². The number of hydrogen-bond donors (Lipinski definition) is 2. The number of anilines is 1. The molecule has 2 rings (SSSR count). The van der Waals surface area contributed by atoms with Crippen LogP contribution in [0.1, 0.15) is 38.4 Å². The van der Waals surface area contributed by atoms with Gasteiger partial charge in [-0.2, -0.15) is 4.37 Å². The zero-order valence-electron chi connectivity index (χ0n) is 10.5. The van der Waals surface area contributed by atoms with Crippen molar-refractivity contribution < 1.29 is 0 Å². The molecule has 1 fully saturated rings. The highest BCUT2D eigenvalue weighted by Gasteiger charge is 2.23. The van der Waals surface area contributed by atoms with Crippen LogP contribution in [-0.2, 0) is 6.42 Å². The van der Waals surface area contributed by atoms with E-state index in [0.717, 1.165) is 30.5 Å². The number of nitrogens with one attached hydrogen (secondary N) is 1. The minimum Gasteiger partial charge on any atom is -0.360 e. The van der Waals surface area contributed by atoms with Gasteiger partial charge in [-0.25, -0.2) is 4.98 Å². The lowest BCUT2D eigenvalue weighted by Crippen LogP contribution is -2.31. The SMILES string of the molecule is CCc1nsc(NCC2CCCCC2CN)n1. The first-order chi connectivity index (χ1) is 8.33. The van der Waals surface area contributed by atoms with Crippen LogP contribution in [0.5, 0.6) is 0 Å². The molecular formula is C12H22N4S. The number of hydrogen-bond acceptors (Lipinski definition) is 5. The summed E-state index contributed by atoms with van der Waals surface area (Å²) in [5.74, 6) is 2.34. The third-order valence-electron chi connectivity index (χ3n) is 3.67. The van der Waals surface area contributed by atoms with E-state index in [0.29, 0.717) is 11.8 Å². The van der Waals surface area contributed by atoms with E-state index in [4.69, 9.17) is 5.73 Å². The van der Waals surface area contributed by atoms with Gasteiger partial charge in [0.25, 0.3) is 0 Å². The molecule has 1 saturated carbocycles. The molecule has 3 N–H and O–H groups in total. The normalized spacial score (nSPS) is 24.8. The Morgan fingerprint density at radius 1 is 1.35 bits per heavy atom. The largest absolute Gasteiger partial charge is 0.360 e. The minimum atomic E-state index is 0.690. The molecule has 0 aliphatic heterocycles. The summed E-state index contributed by atoms with van der Waals surface area (Å²) >= 11 is 1.47. The molecule has 96 valence electrons.